The molecule has 24 heavy (non-hydrogen) atoms. The van der Waals surface area contributed by atoms with E-state index in [9.17, 15) is 23.1 Å². The van der Waals surface area contributed by atoms with E-state index >= 15 is 0 Å². The summed E-state index contributed by atoms with van der Waals surface area (Å²) in [7, 11) is 1.39. The molecule has 1 amide bonds. The molecule has 0 unspecified atom stereocenters. The average molecular weight is 342 g/mol. The Balaban J connectivity index is 2.03. The number of halogens is 3. The molecule has 1 aromatic carbocycles. The van der Waals surface area contributed by atoms with Crippen LogP contribution in [0.5, 0.6) is 5.75 Å². The summed E-state index contributed by atoms with van der Waals surface area (Å²) in [4.78, 5) is 12.6. The quantitative estimate of drug-likeness (QED) is 0.899. The van der Waals surface area contributed by atoms with Gasteiger partial charge < -0.3 is 9.84 Å². The van der Waals surface area contributed by atoms with E-state index < -0.39 is 23.7 Å². The maximum atomic E-state index is 13.6. The number of aliphatic hydroxyl groups is 1. The van der Waals surface area contributed by atoms with E-state index in [0.717, 1.165) is 0 Å². The van der Waals surface area contributed by atoms with Crippen LogP contribution in [0, 0.1) is 5.92 Å². The zero-order valence-corrected chi connectivity index (χ0v) is 13.0. The molecule has 130 valence electrons. The van der Waals surface area contributed by atoms with Crippen LogP contribution in [-0.2, 0) is 0 Å². The van der Waals surface area contributed by atoms with Crippen molar-refractivity contribution in [3.05, 3.63) is 29.8 Å². The second-order valence-corrected chi connectivity index (χ2v) is 5.96. The highest BCUT2D eigenvalue weighted by Gasteiger charge is 2.68. The fraction of sp³-hybridized carbons (Fsp3) is 0.500. The van der Waals surface area contributed by atoms with E-state index in [-0.39, 0.29) is 22.7 Å². The zero-order valence-electron chi connectivity index (χ0n) is 13.0. The normalized spacial score (nSPS) is 26.8. The van der Waals surface area contributed by atoms with Gasteiger partial charge >= 0.3 is 6.18 Å². The summed E-state index contributed by atoms with van der Waals surface area (Å²) in [5, 5.41) is 14.5. The summed E-state index contributed by atoms with van der Waals surface area (Å²) in [6.45, 7) is 0. The summed E-state index contributed by atoms with van der Waals surface area (Å²) in [5.41, 5.74) is -3.10. The number of hydrogen-bond acceptors (Lipinski definition) is 4. The first-order chi connectivity index (χ1) is 11.3. The maximum Gasteiger partial charge on any atom is 0.439 e. The van der Waals surface area contributed by atoms with E-state index in [1.165, 1.54) is 25.3 Å². The molecule has 0 bridgehead atoms. The Kier molecular flexibility index (Phi) is 4.03. The molecule has 1 aliphatic heterocycles. The Bertz CT molecular complexity index is 689. The Morgan fingerprint density at radius 3 is 2.83 bits per heavy atom. The Morgan fingerprint density at radius 2 is 2.17 bits per heavy atom. The van der Waals surface area contributed by atoms with E-state index in [1.807, 2.05) is 0 Å². The molecule has 0 spiro atoms. The van der Waals surface area contributed by atoms with Crippen molar-refractivity contribution in [2.45, 2.75) is 37.6 Å². The standard InChI is InChI=1S/C16H17F3N2O3/c1-24-11-6-4-5-10(9-11)14(22)21-15(23,16(17,18)19)12-7-2-3-8-13(12)20-21/h4-6,9,12,23H,2-3,7-8H2,1H3/t12-,15+/m0/s1. The molecular formula is C16H17F3N2O3. The number of methoxy groups -OCH3 is 1. The molecule has 1 saturated carbocycles. The molecule has 5 nitrogen and oxygen atoms in total. The number of alkyl halides is 3. The van der Waals surface area contributed by atoms with Crippen molar-refractivity contribution in [1.29, 1.82) is 0 Å². The molecule has 1 heterocycles. The topological polar surface area (TPSA) is 62.1 Å². The van der Waals surface area contributed by atoms with Crippen LogP contribution in [0.3, 0.4) is 0 Å². The smallest absolute Gasteiger partial charge is 0.439 e. The van der Waals surface area contributed by atoms with E-state index in [2.05, 4.69) is 5.10 Å². The molecule has 0 saturated heterocycles. The second-order valence-electron chi connectivity index (χ2n) is 5.96. The molecule has 1 N–H and O–H groups in total. The van der Waals surface area contributed by atoms with Gasteiger partial charge in [-0.1, -0.05) is 12.5 Å². The van der Waals surface area contributed by atoms with Crippen LogP contribution >= 0.6 is 0 Å². The molecule has 1 aromatic rings. The average Bonchev–Trinajstić information content (AvgIpc) is 2.88. The van der Waals surface area contributed by atoms with Crippen LogP contribution in [0.4, 0.5) is 13.2 Å². The fourth-order valence-corrected chi connectivity index (χ4v) is 3.30. The molecular weight excluding hydrogens is 325 g/mol. The molecule has 2 aliphatic rings. The van der Waals surface area contributed by atoms with Gasteiger partial charge in [-0.2, -0.15) is 23.3 Å². The van der Waals surface area contributed by atoms with Crippen LogP contribution in [0.2, 0.25) is 0 Å². The summed E-state index contributed by atoms with van der Waals surface area (Å²) in [6, 6.07) is 5.75. The highest BCUT2D eigenvalue weighted by molar-refractivity contribution is 5.99. The third-order valence-corrected chi connectivity index (χ3v) is 4.54. The van der Waals surface area contributed by atoms with Gasteiger partial charge in [0.15, 0.2) is 0 Å². The summed E-state index contributed by atoms with van der Waals surface area (Å²) in [5.74, 6) is -1.88. The van der Waals surface area contributed by atoms with Gasteiger partial charge in [-0.05, 0) is 37.5 Å². The monoisotopic (exact) mass is 342 g/mol. The SMILES string of the molecule is COc1cccc(C(=O)N2N=C3CCCC[C@@H]3[C@@]2(O)C(F)(F)F)c1. The van der Waals surface area contributed by atoms with Crippen molar-refractivity contribution in [1.82, 2.24) is 5.01 Å². The van der Waals surface area contributed by atoms with Gasteiger partial charge in [0.05, 0.1) is 13.0 Å². The van der Waals surface area contributed by atoms with Crippen molar-refractivity contribution in [2.75, 3.05) is 7.11 Å². The lowest BCUT2D eigenvalue weighted by Gasteiger charge is -2.38. The Morgan fingerprint density at radius 1 is 1.42 bits per heavy atom. The second kappa shape index (κ2) is 5.77. The van der Waals surface area contributed by atoms with Crippen molar-refractivity contribution in [3.63, 3.8) is 0 Å². The molecule has 3 rings (SSSR count). The van der Waals surface area contributed by atoms with Gasteiger partial charge in [0.2, 0.25) is 0 Å². The van der Waals surface area contributed by atoms with Crippen LogP contribution in [0.15, 0.2) is 29.4 Å². The number of fused-ring (bicyclic) bond motifs is 1. The predicted octanol–water partition coefficient (Wildman–Crippen LogP) is 2.95. The van der Waals surface area contributed by atoms with E-state index in [4.69, 9.17) is 4.74 Å². The minimum absolute atomic E-state index is 0.0278. The summed E-state index contributed by atoms with van der Waals surface area (Å²) >= 11 is 0. The van der Waals surface area contributed by atoms with E-state index in [0.29, 0.717) is 25.0 Å². The van der Waals surface area contributed by atoms with Gasteiger partial charge in [-0.3, -0.25) is 4.79 Å². The molecule has 8 heteroatoms. The van der Waals surface area contributed by atoms with Crippen molar-refractivity contribution in [3.8, 4) is 5.75 Å². The first-order valence-corrected chi connectivity index (χ1v) is 7.64. The number of ether oxygens (including phenoxy) is 1. The number of hydrogen-bond donors (Lipinski definition) is 1. The first kappa shape index (κ1) is 16.8. The third kappa shape index (κ3) is 2.45. The number of benzene rings is 1. The fourth-order valence-electron chi connectivity index (χ4n) is 3.30. The summed E-state index contributed by atoms with van der Waals surface area (Å²) < 4.78 is 45.9. The van der Waals surface area contributed by atoms with Crippen LogP contribution < -0.4 is 4.74 Å². The molecule has 1 fully saturated rings. The zero-order chi connectivity index (χ0) is 17.5. The van der Waals surface area contributed by atoms with Crippen LogP contribution in [-0.4, -0.2) is 40.7 Å². The summed E-state index contributed by atoms with van der Waals surface area (Å²) in [6.07, 6.45) is -3.25. The number of amides is 1. The largest absolute Gasteiger partial charge is 0.497 e. The van der Waals surface area contributed by atoms with Crippen molar-refractivity contribution >= 4 is 11.6 Å². The maximum absolute atomic E-state index is 13.6. The van der Waals surface area contributed by atoms with Gasteiger partial charge in [0.1, 0.15) is 5.75 Å². The van der Waals surface area contributed by atoms with Gasteiger partial charge in [0.25, 0.3) is 11.6 Å². The first-order valence-electron chi connectivity index (χ1n) is 7.64. The lowest BCUT2D eigenvalue weighted by atomic mass is 9.80. The minimum atomic E-state index is -5.01. The lowest BCUT2D eigenvalue weighted by Crippen LogP contribution is -2.61. The van der Waals surface area contributed by atoms with Crippen LogP contribution in [0.1, 0.15) is 36.0 Å². The molecule has 2 atom stereocenters. The Hall–Kier alpha value is -2.09. The van der Waals surface area contributed by atoms with Gasteiger partial charge in [-0.15, -0.1) is 0 Å². The highest BCUT2D eigenvalue weighted by Crippen LogP contribution is 2.48. The van der Waals surface area contributed by atoms with Crippen LogP contribution in [0.25, 0.3) is 0 Å². The number of rotatable bonds is 2. The van der Waals surface area contributed by atoms with Gasteiger partial charge in [-0.25, -0.2) is 0 Å². The van der Waals surface area contributed by atoms with E-state index in [1.54, 1.807) is 6.07 Å². The third-order valence-electron chi connectivity index (χ3n) is 4.54. The molecule has 1 aliphatic carbocycles. The lowest BCUT2D eigenvalue weighted by molar-refractivity contribution is -0.312. The molecule has 0 aromatic heterocycles. The van der Waals surface area contributed by atoms with Crippen molar-refractivity contribution in [2.24, 2.45) is 11.0 Å². The van der Waals surface area contributed by atoms with Crippen molar-refractivity contribution < 1.29 is 27.8 Å². The minimum Gasteiger partial charge on any atom is -0.497 e. The number of nitrogens with zero attached hydrogens (tertiary/aromatic N) is 2. The predicted molar refractivity (Wildman–Crippen MR) is 79.6 cm³/mol. The number of carbonyl (C=O) groups is 1. The Labute approximate surface area is 136 Å². The highest BCUT2D eigenvalue weighted by atomic mass is 19.4. The number of carbonyl (C=O) groups excluding carboxylic acids is 1. The number of hydrazone groups is 1. The van der Waals surface area contributed by atoms with Gasteiger partial charge in [0, 0.05) is 11.3 Å². The molecule has 0 radical (unpaired) electrons.